The Morgan fingerprint density at radius 1 is 1.07 bits per heavy atom. The Kier molecular flexibility index (Phi) is 10.9. The normalized spacial score (nSPS) is 20.1. The maximum absolute atomic E-state index is 13.2. The molecule has 4 rings (SSSR count). The number of sulfonamides is 1. The molecule has 11 heteroatoms. The van der Waals surface area contributed by atoms with Crippen molar-refractivity contribution < 1.29 is 32.5 Å². The van der Waals surface area contributed by atoms with Crippen molar-refractivity contribution >= 4 is 27.5 Å². The Morgan fingerprint density at radius 2 is 1.77 bits per heavy atom. The molecule has 2 atom stereocenters. The van der Waals surface area contributed by atoms with Gasteiger partial charge in [0.15, 0.2) is 5.76 Å². The summed E-state index contributed by atoms with van der Waals surface area (Å²) < 4.78 is 44.7. The van der Waals surface area contributed by atoms with E-state index in [4.69, 9.17) is 25.8 Å². The van der Waals surface area contributed by atoms with Crippen LogP contribution in [0.3, 0.4) is 0 Å². The lowest BCUT2D eigenvalue weighted by atomic mass is 9.92. The summed E-state index contributed by atoms with van der Waals surface area (Å²) >= 11 is 6.08. The molecular weight excluding hydrogens is 556 g/mol. The van der Waals surface area contributed by atoms with Crippen LogP contribution >= 0.6 is 11.6 Å². The number of amides is 1. The zero-order valence-electron chi connectivity index (χ0n) is 22.6. The Hall–Kier alpha value is -2.63. The molecular formula is C29H37ClN2O7S. The van der Waals surface area contributed by atoms with Gasteiger partial charge in [-0.3, -0.25) is 4.79 Å². The lowest BCUT2D eigenvalue weighted by Gasteiger charge is -2.31. The minimum absolute atomic E-state index is 0.00487. The van der Waals surface area contributed by atoms with E-state index in [0.29, 0.717) is 17.2 Å². The second-order valence-corrected chi connectivity index (χ2v) is 12.3. The molecule has 2 aromatic carbocycles. The minimum atomic E-state index is -3.88. The molecule has 9 nitrogen and oxygen atoms in total. The highest BCUT2D eigenvalue weighted by atomic mass is 35.5. The largest absolute Gasteiger partial charge is 0.497 e. The first kappa shape index (κ1) is 30.3. The lowest BCUT2D eigenvalue weighted by Crippen LogP contribution is -2.40. The number of aliphatic hydroxyl groups is 1. The molecule has 218 valence electrons. The summed E-state index contributed by atoms with van der Waals surface area (Å²) in [5.74, 6) is 0.305. The molecule has 1 aliphatic carbocycles. The number of ether oxygens (including phenoxy) is 3. The maximum atomic E-state index is 13.2. The molecule has 2 aliphatic rings. The first-order valence-corrected chi connectivity index (χ1v) is 15.4. The fraction of sp³-hybridized carbons (Fsp3) is 0.483. The van der Waals surface area contributed by atoms with Crippen LogP contribution in [-0.4, -0.2) is 69.5 Å². The number of carbonyl (C=O) groups excluding carboxylic acids is 1. The monoisotopic (exact) mass is 592 g/mol. The van der Waals surface area contributed by atoms with E-state index in [2.05, 4.69) is 5.32 Å². The van der Waals surface area contributed by atoms with E-state index < -0.39 is 16.3 Å². The van der Waals surface area contributed by atoms with Crippen molar-refractivity contribution in [1.82, 2.24) is 9.62 Å². The third kappa shape index (κ3) is 7.98. The zero-order chi connectivity index (χ0) is 28.5. The van der Waals surface area contributed by atoms with Gasteiger partial charge in [-0.1, -0.05) is 43.0 Å². The quantitative estimate of drug-likeness (QED) is 0.379. The smallest absolute Gasteiger partial charge is 0.286 e. The summed E-state index contributed by atoms with van der Waals surface area (Å²) in [6.45, 7) is -0.438. The van der Waals surface area contributed by atoms with Crippen molar-refractivity contribution in [3.63, 3.8) is 0 Å². The van der Waals surface area contributed by atoms with Crippen LogP contribution in [0.2, 0.25) is 5.02 Å². The van der Waals surface area contributed by atoms with Gasteiger partial charge >= 0.3 is 0 Å². The summed E-state index contributed by atoms with van der Waals surface area (Å²) in [5.41, 5.74) is 0.966. The number of rotatable bonds is 12. The van der Waals surface area contributed by atoms with Crippen LogP contribution < -0.4 is 10.1 Å². The van der Waals surface area contributed by atoms with E-state index >= 15 is 0 Å². The number of hydrogen-bond acceptors (Lipinski definition) is 7. The van der Waals surface area contributed by atoms with Gasteiger partial charge in [0, 0.05) is 36.5 Å². The van der Waals surface area contributed by atoms with Gasteiger partial charge in [0.05, 0.1) is 25.2 Å². The lowest BCUT2D eigenvalue weighted by molar-refractivity contribution is -0.147. The zero-order valence-corrected chi connectivity index (χ0v) is 24.2. The second kappa shape index (κ2) is 14.3. The molecule has 2 N–H and O–H groups in total. The van der Waals surface area contributed by atoms with Crippen LogP contribution in [0, 0.1) is 0 Å². The van der Waals surface area contributed by atoms with E-state index in [0.717, 1.165) is 31.2 Å². The van der Waals surface area contributed by atoms with Crippen LogP contribution in [0.15, 0.2) is 65.3 Å². The van der Waals surface area contributed by atoms with Crippen LogP contribution in [0.25, 0.3) is 0 Å². The number of methoxy groups -OCH3 is 1. The molecule has 1 aliphatic heterocycles. The fourth-order valence-electron chi connectivity index (χ4n) is 5.01. The summed E-state index contributed by atoms with van der Waals surface area (Å²) in [6.07, 6.45) is 6.74. The summed E-state index contributed by atoms with van der Waals surface area (Å²) in [4.78, 5) is 13.2. The molecule has 1 saturated carbocycles. The molecule has 1 fully saturated rings. The average Bonchev–Trinajstić information content (AvgIpc) is 2.97. The van der Waals surface area contributed by atoms with Crippen molar-refractivity contribution in [3.8, 4) is 5.75 Å². The van der Waals surface area contributed by atoms with E-state index in [1.807, 2.05) is 18.2 Å². The van der Waals surface area contributed by atoms with Crippen LogP contribution in [-0.2, 0) is 24.3 Å². The van der Waals surface area contributed by atoms with E-state index in [-0.39, 0.29) is 54.8 Å². The van der Waals surface area contributed by atoms with Gasteiger partial charge in [-0.2, -0.15) is 4.31 Å². The molecule has 0 spiro atoms. The van der Waals surface area contributed by atoms with Gasteiger partial charge in [0.1, 0.15) is 5.75 Å². The Bertz CT molecular complexity index is 1250. The van der Waals surface area contributed by atoms with Gasteiger partial charge in [-0.05, 0) is 60.9 Å². The molecule has 0 bridgehead atoms. The number of nitrogens with one attached hydrogen (secondary N) is 1. The third-order valence-electron chi connectivity index (χ3n) is 7.21. The number of benzene rings is 2. The number of allylic oxidation sites excluding steroid dienone is 1. The minimum Gasteiger partial charge on any atom is -0.497 e. The number of halogens is 1. The van der Waals surface area contributed by atoms with Crippen LogP contribution in [0.4, 0.5) is 0 Å². The van der Waals surface area contributed by atoms with Crippen LogP contribution in [0.1, 0.15) is 50.0 Å². The average molecular weight is 593 g/mol. The van der Waals surface area contributed by atoms with Gasteiger partial charge < -0.3 is 24.6 Å². The Labute approximate surface area is 241 Å². The molecule has 1 amide bonds. The highest BCUT2D eigenvalue weighted by Gasteiger charge is 2.31. The molecule has 0 radical (unpaired) electrons. The highest BCUT2D eigenvalue weighted by molar-refractivity contribution is 7.89. The van der Waals surface area contributed by atoms with Gasteiger partial charge in [-0.15, -0.1) is 0 Å². The number of aliphatic hydroxyl groups excluding tert-OH is 1. The highest BCUT2D eigenvalue weighted by Crippen LogP contribution is 2.32. The van der Waals surface area contributed by atoms with Gasteiger partial charge in [-0.25, -0.2) is 8.42 Å². The predicted octanol–water partition coefficient (Wildman–Crippen LogP) is 4.21. The van der Waals surface area contributed by atoms with E-state index in [9.17, 15) is 18.3 Å². The van der Waals surface area contributed by atoms with Crippen molar-refractivity contribution in [3.05, 3.63) is 71.0 Å². The first-order chi connectivity index (χ1) is 19.3. The SMILES string of the molecule is COc1ccc(S(=O)(=O)N(CCO)CCO[C@H]2C[C@@H](c3ccc(Cl)cc3)C=C(C(=O)NC3CCCCC3)O2)cc1. The first-order valence-electron chi connectivity index (χ1n) is 13.6. The third-order valence-corrected chi connectivity index (χ3v) is 9.38. The summed E-state index contributed by atoms with van der Waals surface area (Å²) in [5, 5.41) is 13.2. The summed E-state index contributed by atoms with van der Waals surface area (Å²) in [6, 6.07) is 13.6. The van der Waals surface area contributed by atoms with Crippen molar-refractivity contribution in [2.45, 2.75) is 61.7 Å². The Balaban J connectivity index is 1.44. The number of nitrogens with zero attached hydrogens (tertiary/aromatic N) is 1. The standard InChI is InChI=1S/C29H37ClN2O7S/c1-37-25-11-13-26(14-12-25)40(35,36)32(15-17-33)16-18-38-28-20-22(21-7-9-23(30)10-8-21)19-27(39-28)29(34)31-24-5-3-2-4-6-24/h7-14,19,22,24,28,33H,2-6,15-18,20H2,1H3,(H,31,34)/t22-,28+/m0/s1. The second-order valence-electron chi connectivity index (χ2n) is 9.95. The van der Waals surface area contributed by atoms with Gasteiger partial charge in [0.2, 0.25) is 16.3 Å². The number of carbonyl (C=O) groups is 1. The maximum Gasteiger partial charge on any atom is 0.286 e. The molecule has 1 heterocycles. The predicted molar refractivity (Wildman–Crippen MR) is 152 cm³/mol. The number of hydrogen-bond donors (Lipinski definition) is 2. The molecule has 0 unspecified atom stereocenters. The van der Waals surface area contributed by atoms with Gasteiger partial charge in [0.25, 0.3) is 5.91 Å². The van der Waals surface area contributed by atoms with Crippen molar-refractivity contribution in [2.75, 3.05) is 33.4 Å². The van der Waals surface area contributed by atoms with E-state index in [1.165, 1.54) is 30.0 Å². The van der Waals surface area contributed by atoms with E-state index in [1.54, 1.807) is 24.3 Å². The molecule has 0 aromatic heterocycles. The molecule has 0 saturated heterocycles. The Morgan fingerprint density at radius 3 is 2.42 bits per heavy atom. The molecule has 40 heavy (non-hydrogen) atoms. The molecule has 2 aromatic rings. The summed E-state index contributed by atoms with van der Waals surface area (Å²) in [7, 11) is -2.38. The fourth-order valence-corrected chi connectivity index (χ4v) is 6.55. The van der Waals surface area contributed by atoms with Crippen LogP contribution in [0.5, 0.6) is 5.75 Å². The topological polar surface area (TPSA) is 114 Å². The van der Waals surface area contributed by atoms with Crippen molar-refractivity contribution in [2.24, 2.45) is 0 Å². The van der Waals surface area contributed by atoms with Crippen molar-refractivity contribution in [1.29, 1.82) is 0 Å².